The second-order valence-corrected chi connectivity index (χ2v) is 8.70. The first-order valence-corrected chi connectivity index (χ1v) is 10.1. The fourth-order valence-corrected chi connectivity index (χ4v) is 5.08. The molecule has 1 fully saturated rings. The maximum absolute atomic E-state index is 13.3. The molecule has 3 rings (SSSR count). The summed E-state index contributed by atoms with van der Waals surface area (Å²) in [5.74, 6) is -0.218. The van der Waals surface area contributed by atoms with Crippen molar-refractivity contribution in [3.05, 3.63) is 41.7 Å². The molecule has 1 aliphatic heterocycles. The average Bonchev–Trinajstić information content (AvgIpc) is 3.02. The van der Waals surface area contributed by atoms with Crippen LogP contribution in [0.2, 0.25) is 0 Å². The molecular formula is C18H24N4O3S. The van der Waals surface area contributed by atoms with Crippen LogP contribution in [0, 0.1) is 6.92 Å². The molecule has 1 unspecified atom stereocenters. The number of anilines is 1. The summed E-state index contributed by atoms with van der Waals surface area (Å²) >= 11 is 0. The summed E-state index contributed by atoms with van der Waals surface area (Å²) in [5, 5.41) is 7.06. The number of nitrogens with one attached hydrogen (secondary N) is 1. The van der Waals surface area contributed by atoms with E-state index in [2.05, 4.69) is 10.4 Å². The van der Waals surface area contributed by atoms with E-state index in [-0.39, 0.29) is 16.7 Å². The number of piperidine rings is 1. The zero-order valence-corrected chi connectivity index (χ0v) is 16.1. The summed E-state index contributed by atoms with van der Waals surface area (Å²) in [4.78, 5) is 11.6. The van der Waals surface area contributed by atoms with Gasteiger partial charge in [0, 0.05) is 39.2 Å². The van der Waals surface area contributed by atoms with Crippen molar-refractivity contribution >= 4 is 21.6 Å². The van der Waals surface area contributed by atoms with Gasteiger partial charge in [-0.25, -0.2) is 8.42 Å². The number of rotatable bonds is 4. The number of carbonyl (C=O) groups is 1. The molecule has 1 aliphatic rings. The predicted octanol–water partition coefficient (Wildman–Crippen LogP) is 2.26. The molecule has 2 aromatic rings. The first kappa shape index (κ1) is 18.6. The van der Waals surface area contributed by atoms with Crippen LogP contribution in [-0.2, 0) is 21.9 Å². The van der Waals surface area contributed by atoms with Gasteiger partial charge in [0.05, 0.1) is 11.4 Å². The first-order valence-electron chi connectivity index (χ1n) is 8.65. The van der Waals surface area contributed by atoms with Crippen LogP contribution in [0.25, 0.3) is 0 Å². The summed E-state index contributed by atoms with van der Waals surface area (Å²) in [5.41, 5.74) is 2.07. The molecule has 1 atom stereocenters. The molecule has 1 amide bonds. The Labute approximate surface area is 154 Å². The Hall–Kier alpha value is -2.19. The molecule has 0 aliphatic carbocycles. The standard InChI is InChI=1S/C18H24N4O3S/c1-13-6-7-17(19-14(2)23)18(11-13)26(24,25)22-9-4-5-15(12-22)16-8-10-21(3)20-16/h6-8,10-11,15H,4-5,9,12H2,1-3H3,(H,19,23). The number of sulfonamides is 1. The Morgan fingerprint density at radius 1 is 1.31 bits per heavy atom. The van der Waals surface area contributed by atoms with Crippen LogP contribution in [0.1, 0.15) is 36.9 Å². The highest BCUT2D eigenvalue weighted by Gasteiger charge is 2.33. The van der Waals surface area contributed by atoms with E-state index in [0.717, 1.165) is 24.1 Å². The van der Waals surface area contributed by atoms with Crippen molar-refractivity contribution in [1.82, 2.24) is 14.1 Å². The maximum Gasteiger partial charge on any atom is 0.245 e. The molecule has 140 valence electrons. The number of carbonyl (C=O) groups excluding carboxylic acids is 1. The molecule has 8 heteroatoms. The molecule has 1 N–H and O–H groups in total. The molecular weight excluding hydrogens is 352 g/mol. The third-order valence-corrected chi connectivity index (χ3v) is 6.51. The molecule has 7 nitrogen and oxygen atoms in total. The van der Waals surface area contributed by atoms with Crippen LogP contribution >= 0.6 is 0 Å². The predicted molar refractivity (Wildman–Crippen MR) is 99.4 cm³/mol. The van der Waals surface area contributed by atoms with E-state index in [1.165, 1.54) is 11.2 Å². The van der Waals surface area contributed by atoms with Crippen molar-refractivity contribution in [3.8, 4) is 0 Å². The van der Waals surface area contributed by atoms with Crippen molar-refractivity contribution in [3.63, 3.8) is 0 Å². The molecule has 26 heavy (non-hydrogen) atoms. The van der Waals surface area contributed by atoms with Crippen LogP contribution in [0.15, 0.2) is 35.4 Å². The third kappa shape index (κ3) is 3.81. The lowest BCUT2D eigenvalue weighted by Gasteiger charge is -2.31. The molecule has 1 saturated heterocycles. The molecule has 0 spiro atoms. The normalized spacial score (nSPS) is 18.7. The highest BCUT2D eigenvalue weighted by atomic mass is 32.2. The van der Waals surface area contributed by atoms with Crippen molar-refractivity contribution < 1.29 is 13.2 Å². The number of benzene rings is 1. The topological polar surface area (TPSA) is 84.3 Å². The Bertz CT molecular complexity index is 920. The number of hydrogen-bond acceptors (Lipinski definition) is 4. The third-order valence-electron chi connectivity index (χ3n) is 4.60. The summed E-state index contributed by atoms with van der Waals surface area (Å²) < 4.78 is 29.8. The van der Waals surface area contributed by atoms with Gasteiger partial charge in [0.25, 0.3) is 0 Å². The number of amides is 1. The first-order chi connectivity index (χ1) is 12.3. The minimum Gasteiger partial charge on any atom is -0.325 e. The van der Waals surface area contributed by atoms with E-state index in [4.69, 9.17) is 0 Å². The average molecular weight is 376 g/mol. The van der Waals surface area contributed by atoms with E-state index in [9.17, 15) is 13.2 Å². The van der Waals surface area contributed by atoms with Crippen molar-refractivity contribution in [2.75, 3.05) is 18.4 Å². The minimum absolute atomic E-state index is 0.0775. The molecule has 0 radical (unpaired) electrons. The van der Waals surface area contributed by atoms with Crippen molar-refractivity contribution in [1.29, 1.82) is 0 Å². The summed E-state index contributed by atoms with van der Waals surface area (Å²) in [6.45, 7) is 4.07. The van der Waals surface area contributed by atoms with E-state index >= 15 is 0 Å². The van der Waals surface area contributed by atoms with Crippen molar-refractivity contribution in [2.45, 2.75) is 37.5 Å². The lowest BCUT2D eigenvalue weighted by Crippen LogP contribution is -2.39. The highest BCUT2D eigenvalue weighted by molar-refractivity contribution is 7.89. The van der Waals surface area contributed by atoms with Crippen LogP contribution in [0.4, 0.5) is 5.69 Å². The largest absolute Gasteiger partial charge is 0.325 e. The van der Waals surface area contributed by atoms with Gasteiger partial charge in [0.15, 0.2) is 0 Å². The second-order valence-electron chi connectivity index (χ2n) is 6.80. The molecule has 0 saturated carbocycles. The highest BCUT2D eigenvalue weighted by Crippen LogP contribution is 2.32. The number of aryl methyl sites for hydroxylation is 2. The SMILES string of the molecule is CC(=O)Nc1ccc(C)cc1S(=O)(=O)N1CCCC(c2ccn(C)n2)C1. The molecule has 0 bridgehead atoms. The fourth-order valence-electron chi connectivity index (χ4n) is 3.33. The van der Waals surface area contributed by atoms with Gasteiger partial charge in [-0.3, -0.25) is 9.48 Å². The van der Waals surface area contributed by atoms with Gasteiger partial charge in [-0.1, -0.05) is 6.07 Å². The minimum atomic E-state index is -3.71. The van der Waals surface area contributed by atoms with Gasteiger partial charge in [0.2, 0.25) is 15.9 Å². The van der Waals surface area contributed by atoms with E-state index in [1.54, 1.807) is 22.9 Å². The maximum atomic E-state index is 13.3. The Balaban J connectivity index is 1.92. The van der Waals surface area contributed by atoms with Gasteiger partial charge in [-0.15, -0.1) is 0 Å². The van der Waals surface area contributed by atoms with E-state index < -0.39 is 10.0 Å². The monoisotopic (exact) mass is 376 g/mol. The molecule has 1 aromatic heterocycles. The van der Waals surface area contributed by atoms with Crippen LogP contribution in [0.3, 0.4) is 0 Å². The Morgan fingerprint density at radius 3 is 2.73 bits per heavy atom. The molecule has 1 aromatic carbocycles. The number of aromatic nitrogens is 2. The quantitative estimate of drug-likeness (QED) is 0.887. The zero-order valence-electron chi connectivity index (χ0n) is 15.3. The smallest absolute Gasteiger partial charge is 0.245 e. The van der Waals surface area contributed by atoms with Crippen LogP contribution in [0.5, 0.6) is 0 Å². The van der Waals surface area contributed by atoms with Crippen LogP contribution in [-0.4, -0.2) is 41.5 Å². The van der Waals surface area contributed by atoms with Crippen LogP contribution < -0.4 is 5.32 Å². The van der Waals surface area contributed by atoms with Crippen molar-refractivity contribution in [2.24, 2.45) is 7.05 Å². The van der Waals surface area contributed by atoms with Gasteiger partial charge in [-0.05, 0) is 43.5 Å². The van der Waals surface area contributed by atoms with Gasteiger partial charge < -0.3 is 5.32 Å². The van der Waals surface area contributed by atoms with Gasteiger partial charge >= 0.3 is 0 Å². The Morgan fingerprint density at radius 2 is 2.08 bits per heavy atom. The zero-order chi connectivity index (χ0) is 18.9. The Kier molecular flexibility index (Phi) is 5.15. The second kappa shape index (κ2) is 7.20. The number of nitrogens with zero attached hydrogens (tertiary/aromatic N) is 3. The lowest BCUT2D eigenvalue weighted by molar-refractivity contribution is -0.114. The summed E-state index contributed by atoms with van der Waals surface area (Å²) in [7, 11) is -1.86. The van der Waals surface area contributed by atoms with E-state index in [1.807, 2.05) is 26.2 Å². The fraction of sp³-hybridized carbons (Fsp3) is 0.444. The van der Waals surface area contributed by atoms with Gasteiger partial charge in [0.1, 0.15) is 4.90 Å². The lowest BCUT2D eigenvalue weighted by atomic mass is 9.96. The van der Waals surface area contributed by atoms with E-state index in [0.29, 0.717) is 18.8 Å². The summed E-state index contributed by atoms with van der Waals surface area (Å²) in [6, 6.07) is 6.99. The number of hydrogen-bond donors (Lipinski definition) is 1. The molecule has 2 heterocycles. The summed E-state index contributed by atoms with van der Waals surface area (Å²) in [6.07, 6.45) is 3.56. The van der Waals surface area contributed by atoms with Gasteiger partial charge in [-0.2, -0.15) is 9.40 Å².